The lowest BCUT2D eigenvalue weighted by Crippen LogP contribution is -2.45. The molecular weight excluding hydrogens is 252 g/mol. The SMILES string of the molecule is COCC(C)NC(=O)CNC1CCc2ccccc2C1. The minimum absolute atomic E-state index is 0.0356. The number of hydrogen-bond donors (Lipinski definition) is 2. The van der Waals surface area contributed by atoms with Crippen LogP contribution in [0.3, 0.4) is 0 Å². The molecule has 1 aromatic carbocycles. The predicted molar refractivity (Wildman–Crippen MR) is 79.7 cm³/mol. The zero-order valence-corrected chi connectivity index (χ0v) is 12.3. The van der Waals surface area contributed by atoms with E-state index in [1.807, 2.05) is 6.92 Å². The van der Waals surface area contributed by atoms with Gasteiger partial charge in [0.1, 0.15) is 0 Å². The second-order valence-electron chi connectivity index (χ2n) is 5.51. The van der Waals surface area contributed by atoms with E-state index in [9.17, 15) is 4.79 Å². The van der Waals surface area contributed by atoms with E-state index in [4.69, 9.17) is 4.74 Å². The van der Waals surface area contributed by atoms with Crippen LogP contribution in [-0.4, -0.2) is 38.3 Å². The maximum atomic E-state index is 11.8. The van der Waals surface area contributed by atoms with Crippen molar-refractivity contribution in [3.8, 4) is 0 Å². The molecule has 20 heavy (non-hydrogen) atoms. The number of methoxy groups -OCH3 is 1. The van der Waals surface area contributed by atoms with Gasteiger partial charge >= 0.3 is 0 Å². The van der Waals surface area contributed by atoms with Gasteiger partial charge in [-0.3, -0.25) is 4.79 Å². The molecule has 4 heteroatoms. The highest BCUT2D eigenvalue weighted by Crippen LogP contribution is 2.20. The number of aryl methyl sites for hydroxylation is 1. The Kier molecular flexibility index (Phi) is 5.56. The molecule has 1 aliphatic rings. The molecule has 2 N–H and O–H groups in total. The Labute approximate surface area is 120 Å². The van der Waals surface area contributed by atoms with Crippen molar-refractivity contribution < 1.29 is 9.53 Å². The molecule has 110 valence electrons. The first kappa shape index (κ1) is 15.0. The second-order valence-corrected chi connectivity index (χ2v) is 5.51. The van der Waals surface area contributed by atoms with Gasteiger partial charge in [0.15, 0.2) is 0 Å². The topological polar surface area (TPSA) is 50.4 Å². The van der Waals surface area contributed by atoms with E-state index in [-0.39, 0.29) is 11.9 Å². The molecule has 0 radical (unpaired) electrons. The van der Waals surface area contributed by atoms with Gasteiger partial charge in [0.25, 0.3) is 0 Å². The number of hydrogen-bond acceptors (Lipinski definition) is 3. The van der Waals surface area contributed by atoms with Crippen LogP contribution in [0.4, 0.5) is 0 Å². The molecule has 2 unspecified atom stereocenters. The van der Waals surface area contributed by atoms with Crippen molar-refractivity contribution in [1.82, 2.24) is 10.6 Å². The highest BCUT2D eigenvalue weighted by atomic mass is 16.5. The van der Waals surface area contributed by atoms with Crippen LogP contribution in [0, 0.1) is 0 Å². The van der Waals surface area contributed by atoms with Gasteiger partial charge in [0, 0.05) is 19.2 Å². The monoisotopic (exact) mass is 276 g/mol. The fourth-order valence-electron chi connectivity index (χ4n) is 2.73. The fourth-order valence-corrected chi connectivity index (χ4v) is 2.73. The van der Waals surface area contributed by atoms with Crippen LogP contribution in [0.5, 0.6) is 0 Å². The van der Waals surface area contributed by atoms with Gasteiger partial charge in [0.05, 0.1) is 13.2 Å². The Morgan fingerprint density at radius 2 is 2.15 bits per heavy atom. The van der Waals surface area contributed by atoms with Crippen LogP contribution >= 0.6 is 0 Å². The molecule has 2 rings (SSSR count). The number of carbonyl (C=O) groups is 1. The summed E-state index contributed by atoms with van der Waals surface area (Å²) in [5.74, 6) is 0.0356. The van der Waals surface area contributed by atoms with E-state index in [0.717, 1.165) is 19.3 Å². The Bertz CT molecular complexity index is 448. The zero-order chi connectivity index (χ0) is 14.4. The third-order valence-corrected chi connectivity index (χ3v) is 3.72. The summed E-state index contributed by atoms with van der Waals surface area (Å²) in [5.41, 5.74) is 2.85. The van der Waals surface area contributed by atoms with Crippen LogP contribution in [-0.2, 0) is 22.4 Å². The van der Waals surface area contributed by atoms with E-state index in [0.29, 0.717) is 19.2 Å². The lowest BCUT2D eigenvalue weighted by Gasteiger charge is -2.25. The molecule has 0 spiro atoms. The summed E-state index contributed by atoms with van der Waals surface area (Å²) in [5, 5.41) is 6.27. The number of rotatable bonds is 6. The molecule has 0 fully saturated rings. The molecule has 4 nitrogen and oxygen atoms in total. The molecule has 0 saturated carbocycles. The standard InChI is InChI=1S/C16H24N2O2/c1-12(11-20-2)18-16(19)10-17-15-8-7-13-5-3-4-6-14(13)9-15/h3-6,12,15,17H,7-11H2,1-2H3,(H,18,19). The molecule has 2 atom stereocenters. The van der Waals surface area contributed by atoms with Crippen LogP contribution in [0.25, 0.3) is 0 Å². The molecule has 0 heterocycles. The number of ether oxygens (including phenoxy) is 1. The summed E-state index contributed by atoms with van der Waals surface area (Å²) in [4.78, 5) is 11.8. The van der Waals surface area contributed by atoms with E-state index in [2.05, 4.69) is 34.9 Å². The van der Waals surface area contributed by atoms with Crippen molar-refractivity contribution in [2.75, 3.05) is 20.3 Å². The third kappa shape index (κ3) is 4.32. The molecular formula is C16H24N2O2. The lowest BCUT2D eigenvalue weighted by atomic mass is 9.88. The maximum Gasteiger partial charge on any atom is 0.234 e. The number of fused-ring (bicyclic) bond motifs is 1. The first-order chi connectivity index (χ1) is 9.69. The summed E-state index contributed by atoms with van der Waals surface area (Å²) < 4.78 is 5.00. The van der Waals surface area contributed by atoms with Gasteiger partial charge in [0.2, 0.25) is 5.91 Å². The van der Waals surface area contributed by atoms with Crippen molar-refractivity contribution >= 4 is 5.91 Å². The van der Waals surface area contributed by atoms with Gasteiger partial charge < -0.3 is 15.4 Å². The summed E-state index contributed by atoms with van der Waals surface area (Å²) in [6, 6.07) is 9.02. The van der Waals surface area contributed by atoms with Crippen molar-refractivity contribution in [3.63, 3.8) is 0 Å². The van der Waals surface area contributed by atoms with E-state index < -0.39 is 0 Å². The van der Waals surface area contributed by atoms with Crippen LogP contribution in [0.15, 0.2) is 24.3 Å². The Morgan fingerprint density at radius 3 is 2.90 bits per heavy atom. The predicted octanol–water partition coefficient (Wildman–Crippen LogP) is 1.28. The van der Waals surface area contributed by atoms with Crippen molar-refractivity contribution in [2.45, 2.75) is 38.3 Å². The van der Waals surface area contributed by atoms with Gasteiger partial charge in [-0.25, -0.2) is 0 Å². The number of carbonyl (C=O) groups excluding carboxylic acids is 1. The smallest absolute Gasteiger partial charge is 0.234 e. The summed E-state index contributed by atoms with van der Waals surface area (Å²) in [6.45, 7) is 2.86. The average molecular weight is 276 g/mol. The summed E-state index contributed by atoms with van der Waals surface area (Å²) in [6.07, 6.45) is 3.20. The van der Waals surface area contributed by atoms with Crippen molar-refractivity contribution in [1.29, 1.82) is 0 Å². The highest BCUT2D eigenvalue weighted by Gasteiger charge is 2.18. The van der Waals surface area contributed by atoms with Gasteiger partial charge in [-0.15, -0.1) is 0 Å². The molecule has 0 bridgehead atoms. The van der Waals surface area contributed by atoms with Gasteiger partial charge in [-0.2, -0.15) is 0 Å². The Balaban J connectivity index is 1.74. The molecule has 0 aromatic heterocycles. The van der Waals surface area contributed by atoms with Crippen LogP contribution in [0.2, 0.25) is 0 Å². The fraction of sp³-hybridized carbons (Fsp3) is 0.562. The molecule has 0 saturated heterocycles. The first-order valence-corrected chi connectivity index (χ1v) is 7.27. The highest BCUT2D eigenvalue weighted by molar-refractivity contribution is 5.78. The molecule has 0 aliphatic heterocycles. The molecule has 1 aromatic rings. The van der Waals surface area contributed by atoms with Crippen molar-refractivity contribution in [3.05, 3.63) is 35.4 Å². The van der Waals surface area contributed by atoms with Gasteiger partial charge in [-0.1, -0.05) is 24.3 Å². The normalized spacial score (nSPS) is 19.2. The van der Waals surface area contributed by atoms with E-state index in [1.165, 1.54) is 11.1 Å². The van der Waals surface area contributed by atoms with E-state index in [1.54, 1.807) is 7.11 Å². The number of benzene rings is 1. The molecule has 1 amide bonds. The number of nitrogens with one attached hydrogen (secondary N) is 2. The lowest BCUT2D eigenvalue weighted by molar-refractivity contribution is -0.121. The maximum absolute atomic E-state index is 11.8. The number of amides is 1. The largest absolute Gasteiger partial charge is 0.383 e. The molecule has 1 aliphatic carbocycles. The van der Waals surface area contributed by atoms with Gasteiger partial charge in [-0.05, 0) is 37.3 Å². The zero-order valence-electron chi connectivity index (χ0n) is 12.3. The van der Waals surface area contributed by atoms with Crippen LogP contribution < -0.4 is 10.6 Å². The second kappa shape index (κ2) is 7.41. The Morgan fingerprint density at radius 1 is 1.40 bits per heavy atom. The van der Waals surface area contributed by atoms with E-state index >= 15 is 0 Å². The quantitative estimate of drug-likeness (QED) is 0.823. The summed E-state index contributed by atoms with van der Waals surface area (Å²) in [7, 11) is 1.64. The summed E-state index contributed by atoms with van der Waals surface area (Å²) >= 11 is 0. The van der Waals surface area contributed by atoms with Crippen LogP contribution in [0.1, 0.15) is 24.5 Å². The van der Waals surface area contributed by atoms with Crippen molar-refractivity contribution in [2.24, 2.45) is 0 Å². The average Bonchev–Trinajstić information content (AvgIpc) is 2.45. The first-order valence-electron chi connectivity index (χ1n) is 7.27. The third-order valence-electron chi connectivity index (χ3n) is 3.72. The minimum atomic E-state index is 0.0356. The minimum Gasteiger partial charge on any atom is -0.383 e. The Hall–Kier alpha value is -1.39.